The van der Waals surface area contributed by atoms with Crippen LogP contribution in [-0.2, 0) is 4.79 Å². The van der Waals surface area contributed by atoms with E-state index in [-0.39, 0.29) is 6.61 Å². The summed E-state index contributed by atoms with van der Waals surface area (Å²) >= 11 is 0. The summed E-state index contributed by atoms with van der Waals surface area (Å²) in [5.41, 5.74) is 4.87. The lowest BCUT2D eigenvalue weighted by molar-refractivity contribution is -0.123. The van der Waals surface area contributed by atoms with E-state index in [1.165, 1.54) is 12.3 Å². The Kier molecular flexibility index (Phi) is 4.59. The molecule has 0 saturated heterocycles. The number of nitrogens with one attached hydrogen (secondary N) is 2. The fourth-order valence-electron chi connectivity index (χ4n) is 2.78. The van der Waals surface area contributed by atoms with Crippen molar-refractivity contribution in [1.29, 1.82) is 0 Å². The number of aromatic nitrogens is 2. The Morgan fingerprint density at radius 1 is 1.29 bits per heavy atom. The molecule has 8 heteroatoms. The zero-order valence-corrected chi connectivity index (χ0v) is 14.9. The highest BCUT2D eigenvalue weighted by molar-refractivity contribution is 5.85. The van der Waals surface area contributed by atoms with Crippen LogP contribution in [0.25, 0.3) is 22.0 Å². The average molecular weight is 376 g/mol. The molecule has 2 aromatic carbocycles. The third kappa shape index (κ3) is 3.75. The first-order valence-electron chi connectivity index (χ1n) is 8.52. The third-order valence-corrected chi connectivity index (χ3v) is 4.08. The summed E-state index contributed by atoms with van der Waals surface area (Å²) in [5.74, 6) is 0.512. The molecule has 0 radical (unpaired) electrons. The molecule has 4 rings (SSSR count). The lowest BCUT2D eigenvalue weighted by Gasteiger charge is -2.06. The first-order chi connectivity index (χ1) is 13.6. The number of rotatable bonds is 5. The summed E-state index contributed by atoms with van der Waals surface area (Å²) in [6.45, 7) is 1.59. The van der Waals surface area contributed by atoms with E-state index < -0.39 is 11.5 Å². The van der Waals surface area contributed by atoms with Gasteiger partial charge < -0.3 is 14.1 Å². The lowest BCUT2D eigenvalue weighted by atomic mass is 10.1. The summed E-state index contributed by atoms with van der Waals surface area (Å²) in [7, 11) is 0. The molecule has 0 atom stereocenters. The zero-order chi connectivity index (χ0) is 19.5. The fraction of sp³-hybridized carbons (Fsp3) is 0.100. The second kappa shape index (κ2) is 7.36. The molecule has 0 bridgehead atoms. The van der Waals surface area contributed by atoms with Gasteiger partial charge in [0.05, 0.1) is 17.2 Å². The van der Waals surface area contributed by atoms with Crippen LogP contribution in [0.3, 0.4) is 0 Å². The summed E-state index contributed by atoms with van der Waals surface area (Å²) in [6, 6.07) is 14.1. The van der Waals surface area contributed by atoms with Crippen LogP contribution in [0.5, 0.6) is 5.75 Å². The van der Waals surface area contributed by atoms with Crippen LogP contribution in [0.4, 0.5) is 0 Å². The fourth-order valence-corrected chi connectivity index (χ4v) is 2.78. The molecule has 0 aliphatic rings. The van der Waals surface area contributed by atoms with Crippen molar-refractivity contribution in [2.75, 3.05) is 6.61 Å². The topological polar surface area (TPSA) is 110 Å². The van der Waals surface area contributed by atoms with Crippen molar-refractivity contribution in [3.8, 4) is 5.75 Å². The number of ether oxygens (including phenoxy) is 1. The minimum atomic E-state index is -0.432. The van der Waals surface area contributed by atoms with Gasteiger partial charge in [0.1, 0.15) is 11.3 Å². The highest BCUT2D eigenvalue weighted by Gasteiger charge is 2.06. The van der Waals surface area contributed by atoms with Gasteiger partial charge in [-0.15, -0.1) is 0 Å². The first-order valence-corrected chi connectivity index (χ1v) is 8.52. The van der Waals surface area contributed by atoms with Crippen molar-refractivity contribution in [2.45, 2.75) is 6.92 Å². The van der Waals surface area contributed by atoms with Gasteiger partial charge in [-0.3, -0.25) is 4.79 Å². The molecule has 140 valence electrons. The molecule has 0 aliphatic carbocycles. The van der Waals surface area contributed by atoms with Crippen LogP contribution in [0.15, 0.2) is 62.8 Å². The van der Waals surface area contributed by atoms with E-state index in [9.17, 15) is 9.59 Å². The first kappa shape index (κ1) is 17.5. The number of aromatic amines is 1. The Morgan fingerprint density at radius 2 is 2.14 bits per heavy atom. The molecule has 0 fully saturated rings. The SMILES string of the molecule is Cc1cc(=O)oc2cc(OCC(=O)NN=Cc3nc4ccccc4[nH]3)ccc12. The quantitative estimate of drug-likeness (QED) is 0.316. The number of nitrogens with zero attached hydrogens (tertiary/aromatic N) is 2. The number of fused-ring (bicyclic) bond motifs is 2. The van der Waals surface area contributed by atoms with Gasteiger partial charge in [-0.2, -0.15) is 5.10 Å². The van der Waals surface area contributed by atoms with Crippen LogP contribution in [0.1, 0.15) is 11.4 Å². The van der Waals surface area contributed by atoms with Crippen molar-refractivity contribution in [1.82, 2.24) is 15.4 Å². The van der Waals surface area contributed by atoms with E-state index >= 15 is 0 Å². The van der Waals surface area contributed by atoms with Gasteiger partial charge in [0, 0.05) is 17.5 Å². The van der Waals surface area contributed by atoms with Gasteiger partial charge in [-0.05, 0) is 36.8 Å². The number of amides is 1. The standard InChI is InChI=1S/C20H16N4O4/c1-12-8-20(26)28-17-9-13(6-7-14(12)17)27-11-19(25)24-21-10-18-22-15-4-2-3-5-16(15)23-18/h2-10H,11H2,1H3,(H,22,23)(H,24,25). The molecular weight excluding hydrogens is 360 g/mol. The summed E-state index contributed by atoms with van der Waals surface area (Å²) in [5, 5.41) is 4.68. The number of imidazole rings is 1. The van der Waals surface area contributed by atoms with Crippen molar-refractivity contribution in [3.05, 3.63) is 70.3 Å². The third-order valence-electron chi connectivity index (χ3n) is 4.08. The predicted molar refractivity (Wildman–Crippen MR) is 105 cm³/mol. The van der Waals surface area contributed by atoms with Gasteiger partial charge >= 0.3 is 5.63 Å². The van der Waals surface area contributed by atoms with Crippen molar-refractivity contribution in [2.24, 2.45) is 5.10 Å². The van der Waals surface area contributed by atoms with E-state index in [0.29, 0.717) is 17.2 Å². The molecular formula is C20H16N4O4. The van der Waals surface area contributed by atoms with E-state index in [4.69, 9.17) is 9.15 Å². The number of H-pyrrole nitrogens is 1. The molecule has 2 N–H and O–H groups in total. The number of benzene rings is 2. The average Bonchev–Trinajstić information content (AvgIpc) is 3.08. The van der Waals surface area contributed by atoms with Crippen LogP contribution >= 0.6 is 0 Å². The van der Waals surface area contributed by atoms with E-state index in [2.05, 4.69) is 20.5 Å². The number of aryl methyl sites for hydroxylation is 1. The molecule has 8 nitrogen and oxygen atoms in total. The molecule has 0 aliphatic heterocycles. The van der Waals surface area contributed by atoms with Crippen molar-refractivity contribution in [3.63, 3.8) is 0 Å². The minimum absolute atomic E-state index is 0.237. The molecule has 0 unspecified atom stereocenters. The molecule has 2 aromatic heterocycles. The van der Waals surface area contributed by atoms with Gasteiger partial charge in [-0.1, -0.05) is 12.1 Å². The van der Waals surface area contributed by atoms with Crippen LogP contribution < -0.4 is 15.8 Å². The minimum Gasteiger partial charge on any atom is -0.484 e. The second-order valence-corrected chi connectivity index (χ2v) is 6.13. The predicted octanol–water partition coefficient (Wildman–Crippen LogP) is 2.51. The van der Waals surface area contributed by atoms with E-state index in [1.54, 1.807) is 18.2 Å². The van der Waals surface area contributed by atoms with Crippen molar-refractivity contribution < 1.29 is 13.9 Å². The maximum atomic E-state index is 11.9. The number of hydrogen-bond acceptors (Lipinski definition) is 6. The highest BCUT2D eigenvalue weighted by Crippen LogP contribution is 2.22. The van der Waals surface area contributed by atoms with Crippen molar-refractivity contribution >= 4 is 34.1 Å². The van der Waals surface area contributed by atoms with Crippen LogP contribution in [0.2, 0.25) is 0 Å². The molecule has 28 heavy (non-hydrogen) atoms. The smallest absolute Gasteiger partial charge is 0.336 e. The molecule has 1 amide bonds. The largest absolute Gasteiger partial charge is 0.484 e. The number of hydrogen-bond donors (Lipinski definition) is 2. The normalized spacial score (nSPS) is 11.3. The lowest BCUT2D eigenvalue weighted by Crippen LogP contribution is -2.24. The maximum absolute atomic E-state index is 11.9. The monoisotopic (exact) mass is 376 g/mol. The number of hydrazone groups is 1. The van der Waals surface area contributed by atoms with E-state index in [0.717, 1.165) is 22.0 Å². The molecule has 4 aromatic rings. The molecule has 2 heterocycles. The molecule has 0 spiro atoms. The van der Waals surface area contributed by atoms with Gasteiger partial charge in [0.2, 0.25) is 0 Å². The summed E-state index contributed by atoms with van der Waals surface area (Å²) < 4.78 is 10.6. The van der Waals surface area contributed by atoms with Crippen LogP contribution in [0, 0.1) is 6.92 Å². The number of carbonyl (C=O) groups excluding carboxylic acids is 1. The maximum Gasteiger partial charge on any atom is 0.336 e. The van der Waals surface area contributed by atoms with Crippen LogP contribution in [-0.4, -0.2) is 28.7 Å². The number of carbonyl (C=O) groups is 1. The van der Waals surface area contributed by atoms with E-state index in [1.807, 2.05) is 31.2 Å². The zero-order valence-electron chi connectivity index (χ0n) is 14.9. The highest BCUT2D eigenvalue weighted by atomic mass is 16.5. The summed E-state index contributed by atoms with van der Waals surface area (Å²) in [6.07, 6.45) is 1.42. The van der Waals surface area contributed by atoms with Gasteiger partial charge in [-0.25, -0.2) is 15.2 Å². The Morgan fingerprint density at radius 3 is 3.00 bits per heavy atom. The van der Waals surface area contributed by atoms with Gasteiger partial charge in [0.15, 0.2) is 12.4 Å². The Balaban J connectivity index is 1.36. The van der Waals surface area contributed by atoms with Gasteiger partial charge in [0.25, 0.3) is 5.91 Å². The molecule has 0 saturated carbocycles. The Hall–Kier alpha value is -3.94. The Labute approximate surface area is 158 Å². The Bertz CT molecular complexity index is 1220. The number of para-hydroxylation sites is 2. The second-order valence-electron chi connectivity index (χ2n) is 6.13. The summed E-state index contributed by atoms with van der Waals surface area (Å²) in [4.78, 5) is 30.8.